The molecule has 7 heteroatoms. The Labute approximate surface area is 160 Å². The molecule has 1 atom stereocenters. The van der Waals surface area contributed by atoms with Crippen molar-refractivity contribution in [2.75, 3.05) is 6.61 Å². The molecule has 0 saturated heterocycles. The van der Waals surface area contributed by atoms with Gasteiger partial charge in [0.25, 0.3) is 0 Å². The third-order valence-corrected chi connectivity index (χ3v) is 6.10. The summed E-state index contributed by atoms with van der Waals surface area (Å²) >= 11 is 0. The number of nitrogens with zero attached hydrogens (tertiary/aromatic N) is 1. The summed E-state index contributed by atoms with van der Waals surface area (Å²) in [7, 11) is -1.10. The third kappa shape index (κ3) is 4.18. The lowest BCUT2D eigenvalue weighted by atomic mass is 9.96. The van der Waals surface area contributed by atoms with E-state index < -0.39 is 16.8 Å². The predicted octanol–water partition coefficient (Wildman–Crippen LogP) is 3.62. The molecule has 1 aromatic carbocycles. The molecule has 1 saturated carbocycles. The molecule has 2 aromatic rings. The van der Waals surface area contributed by atoms with Crippen LogP contribution in [0.4, 0.5) is 0 Å². The molecule has 3 rings (SSSR count). The zero-order chi connectivity index (χ0) is 19.6. The average Bonchev–Trinajstić information content (AvgIpc) is 3.39. The van der Waals surface area contributed by atoms with Crippen LogP contribution in [0.15, 0.2) is 28.8 Å². The van der Waals surface area contributed by atoms with Crippen LogP contribution in [0, 0.1) is 0 Å². The minimum atomic E-state index is -1.10. The Morgan fingerprint density at radius 2 is 2.00 bits per heavy atom. The third-order valence-electron chi connectivity index (χ3n) is 4.45. The van der Waals surface area contributed by atoms with E-state index in [-0.39, 0.29) is 40.6 Å². The average molecular weight is 389 g/mol. The smallest absolute Gasteiger partial charge is 0.361 e. The van der Waals surface area contributed by atoms with Gasteiger partial charge < -0.3 is 9.26 Å². The summed E-state index contributed by atoms with van der Waals surface area (Å²) in [4.78, 5) is 25.6. The number of ether oxygens (including phenoxy) is 1. The van der Waals surface area contributed by atoms with Crippen molar-refractivity contribution in [2.24, 2.45) is 0 Å². The molecule has 0 bridgehead atoms. The van der Waals surface area contributed by atoms with Crippen LogP contribution in [0.5, 0.6) is 0 Å². The minimum absolute atomic E-state index is 0.0131. The van der Waals surface area contributed by atoms with Crippen molar-refractivity contribution < 1.29 is 23.1 Å². The first-order valence-electron chi connectivity index (χ1n) is 9.10. The summed E-state index contributed by atoms with van der Waals surface area (Å²) in [6.45, 7) is 5.63. The highest BCUT2D eigenvalue weighted by molar-refractivity contribution is 7.84. The fourth-order valence-corrected chi connectivity index (χ4v) is 3.70. The molecule has 1 aliphatic rings. The van der Waals surface area contributed by atoms with Crippen molar-refractivity contribution in [1.82, 2.24) is 5.16 Å². The zero-order valence-corrected chi connectivity index (χ0v) is 16.5. The number of rotatable bonds is 8. The van der Waals surface area contributed by atoms with Crippen molar-refractivity contribution in [3.8, 4) is 0 Å². The molecule has 6 nitrogen and oxygen atoms in total. The van der Waals surface area contributed by atoms with Gasteiger partial charge in [0.1, 0.15) is 5.56 Å². The van der Waals surface area contributed by atoms with Gasteiger partial charge in [-0.3, -0.25) is 9.00 Å². The van der Waals surface area contributed by atoms with Crippen molar-refractivity contribution in [1.29, 1.82) is 0 Å². The zero-order valence-electron chi connectivity index (χ0n) is 15.7. The second-order valence-corrected chi connectivity index (χ2v) is 8.82. The molecular formula is C20H23NO5S. The molecular weight excluding hydrogens is 366 g/mol. The van der Waals surface area contributed by atoms with Gasteiger partial charge in [-0.2, -0.15) is 0 Å². The van der Waals surface area contributed by atoms with E-state index in [0.29, 0.717) is 16.9 Å². The molecule has 27 heavy (non-hydrogen) atoms. The highest BCUT2D eigenvalue weighted by atomic mass is 32.2. The molecule has 0 spiro atoms. The summed E-state index contributed by atoms with van der Waals surface area (Å²) in [5, 5.41) is 3.82. The van der Waals surface area contributed by atoms with E-state index in [2.05, 4.69) is 5.16 Å². The van der Waals surface area contributed by atoms with Crippen LogP contribution >= 0.6 is 0 Å². The van der Waals surface area contributed by atoms with Gasteiger partial charge in [-0.1, -0.05) is 43.3 Å². The standard InChI is InChI=1S/C20H23NO5S/c1-4-25-20(23)17-16(19(26-21-17)13-9-10-13)18(22)15-8-6-5-7-14(15)11-27(24)12(2)3/h5-8,12-13H,4,9-11H2,1-3H3. The maximum absolute atomic E-state index is 13.4. The van der Waals surface area contributed by atoms with E-state index in [1.807, 2.05) is 19.9 Å². The van der Waals surface area contributed by atoms with E-state index in [1.165, 1.54) is 0 Å². The summed E-state index contributed by atoms with van der Waals surface area (Å²) in [5.41, 5.74) is 1.21. The molecule has 0 N–H and O–H groups in total. The Kier molecular flexibility index (Phi) is 5.89. The first-order valence-corrected chi connectivity index (χ1v) is 10.5. The van der Waals surface area contributed by atoms with Gasteiger partial charge in [0.2, 0.25) is 5.69 Å². The fraction of sp³-hybridized carbons (Fsp3) is 0.450. The van der Waals surface area contributed by atoms with Crippen LogP contribution in [-0.4, -0.2) is 33.0 Å². The number of hydrogen-bond acceptors (Lipinski definition) is 6. The summed E-state index contributed by atoms with van der Waals surface area (Å²) in [6, 6.07) is 7.05. The van der Waals surface area contributed by atoms with Gasteiger partial charge in [-0.05, 0) is 25.3 Å². The lowest BCUT2D eigenvalue weighted by Crippen LogP contribution is -2.16. The van der Waals surface area contributed by atoms with Gasteiger partial charge in [0, 0.05) is 33.3 Å². The largest absolute Gasteiger partial charge is 0.461 e. The first-order chi connectivity index (χ1) is 12.9. The van der Waals surface area contributed by atoms with E-state index in [4.69, 9.17) is 9.26 Å². The monoisotopic (exact) mass is 389 g/mol. The highest BCUT2D eigenvalue weighted by Gasteiger charge is 2.38. The van der Waals surface area contributed by atoms with Gasteiger partial charge >= 0.3 is 5.97 Å². The number of hydrogen-bond donors (Lipinski definition) is 0. The minimum Gasteiger partial charge on any atom is -0.461 e. The van der Waals surface area contributed by atoms with Gasteiger partial charge in [-0.25, -0.2) is 4.79 Å². The number of ketones is 1. The summed E-state index contributed by atoms with van der Waals surface area (Å²) in [5.74, 6) is -0.171. The molecule has 1 aromatic heterocycles. The van der Waals surface area contributed by atoms with Gasteiger partial charge in [-0.15, -0.1) is 0 Å². The topological polar surface area (TPSA) is 86.5 Å². The number of benzene rings is 1. The molecule has 0 amide bonds. The van der Waals surface area contributed by atoms with E-state index in [0.717, 1.165) is 12.8 Å². The molecule has 1 unspecified atom stereocenters. The normalized spacial score (nSPS) is 15.0. The second kappa shape index (κ2) is 8.17. The Bertz CT molecular complexity index is 882. The number of aromatic nitrogens is 1. The van der Waals surface area contributed by atoms with E-state index in [9.17, 15) is 13.8 Å². The van der Waals surface area contributed by atoms with Gasteiger partial charge in [0.15, 0.2) is 11.5 Å². The van der Waals surface area contributed by atoms with E-state index in [1.54, 1.807) is 25.1 Å². The molecule has 1 fully saturated rings. The lowest BCUT2D eigenvalue weighted by molar-refractivity contribution is 0.0512. The van der Waals surface area contributed by atoms with Gasteiger partial charge in [0.05, 0.1) is 6.61 Å². The molecule has 1 aliphatic carbocycles. The molecule has 1 heterocycles. The Balaban J connectivity index is 2.02. The highest BCUT2D eigenvalue weighted by Crippen LogP contribution is 2.43. The SMILES string of the molecule is CCOC(=O)c1noc(C2CC2)c1C(=O)c1ccccc1CS(=O)C(C)C. The summed E-state index contributed by atoms with van der Waals surface area (Å²) in [6.07, 6.45) is 1.80. The van der Waals surface area contributed by atoms with E-state index >= 15 is 0 Å². The lowest BCUT2D eigenvalue weighted by Gasteiger charge is -2.11. The van der Waals surface area contributed by atoms with Crippen LogP contribution in [0.25, 0.3) is 0 Å². The van der Waals surface area contributed by atoms with Crippen molar-refractivity contribution in [2.45, 2.75) is 50.5 Å². The Morgan fingerprint density at radius 3 is 2.63 bits per heavy atom. The Hall–Kier alpha value is -2.28. The van der Waals surface area contributed by atoms with Crippen LogP contribution in [0.3, 0.4) is 0 Å². The Morgan fingerprint density at radius 1 is 1.30 bits per heavy atom. The number of esters is 1. The van der Waals surface area contributed by atoms with Crippen molar-refractivity contribution in [3.05, 3.63) is 52.4 Å². The maximum Gasteiger partial charge on any atom is 0.361 e. The summed E-state index contributed by atoms with van der Waals surface area (Å²) < 4.78 is 22.7. The van der Waals surface area contributed by atoms with Crippen LogP contribution in [0.2, 0.25) is 0 Å². The number of carbonyl (C=O) groups excluding carboxylic acids is 2. The fourth-order valence-electron chi connectivity index (χ4n) is 2.81. The second-order valence-electron chi connectivity index (χ2n) is 6.83. The predicted molar refractivity (Wildman–Crippen MR) is 101 cm³/mol. The van der Waals surface area contributed by atoms with Crippen molar-refractivity contribution >= 4 is 22.6 Å². The maximum atomic E-state index is 13.4. The van der Waals surface area contributed by atoms with Crippen LogP contribution in [0.1, 0.15) is 77.3 Å². The van der Waals surface area contributed by atoms with Crippen LogP contribution in [-0.2, 0) is 21.3 Å². The molecule has 0 aliphatic heterocycles. The molecule has 0 radical (unpaired) electrons. The molecule has 144 valence electrons. The number of carbonyl (C=O) groups is 2. The van der Waals surface area contributed by atoms with Crippen LogP contribution < -0.4 is 0 Å². The quantitative estimate of drug-likeness (QED) is 0.506. The first kappa shape index (κ1) is 19.5. The van der Waals surface area contributed by atoms with Crippen molar-refractivity contribution in [3.63, 3.8) is 0 Å².